The van der Waals surface area contributed by atoms with Gasteiger partial charge in [0.25, 0.3) is 0 Å². The van der Waals surface area contributed by atoms with E-state index in [0.29, 0.717) is 16.4 Å². The van der Waals surface area contributed by atoms with E-state index in [9.17, 15) is 0 Å². The van der Waals surface area contributed by atoms with Gasteiger partial charge < -0.3 is 0 Å². The molecule has 1 aliphatic carbocycles. The predicted molar refractivity (Wildman–Crippen MR) is 104 cm³/mol. The van der Waals surface area contributed by atoms with Gasteiger partial charge in [0.2, 0.25) is 0 Å². The molecule has 3 nitrogen and oxygen atoms in total. The van der Waals surface area contributed by atoms with Crippen molar-refractivity contribution in [2.24, 2.45) is 4.40 Å². The highest BCUT2D eigenvalue weighted by Gasteiger charge is 2.23. The number of hydrogen-bond donors (Lipinski definition) is 2. The summed E-state index contributed by atoms with van der Waals surface area (Å²) in [6.45, 7) is 0. The molecule has 0 atom stereocenters. The van der Waals surface area contributed by atoms with Crippen LogP contribution in [0.15, 0.2) is 59.0 Å². The maximum Gasteiger partial charge on any atom is 0.104 e. The lowest BCUT2D eigenvalue weighted by Crippen LogP contribution is -2.18. The van der Waals surface area contributed by atoms with Gasteiger partial charge in [0.05, 0.1) is 16.9 Å². The molecule has 5 heteroatoms. The minimum absolute atomic E-state index is 0.332. The Balaban J connectivity index is 2.17. The van der Waals surface area contributed by atoms with Crippen molar-refractivity contribution >= 4 is 52.8 Å². The molecule has 0 spiro atoms. The standard InChI is InChI=1S/C19H12ClN3S/c20-12-6-7-13-16(10-12)22-18(11-4-2-1-3-5-11)14-8-9-15(21)19(23-24)17(13)14/h1-10,21,24H/b21-15?,23-19+. The van der Waals surface area contributed by atoms with E-state index in [4.69, 9.17) is 22.0 Å². The number of allylic oxidation sites excluding steroid dienone is 1. The summed E-state index contributed by atoms with van der Waals surface area (Å²) in [6, 6.07) is 15.5. The van der Waals surface area contributed by atoms with E-state index in [-0.39, 0.29) is 0 Å². The van der Waals surface area contributed by atoms with E-state index in [1.807, 2.05) is 54.6 Å². The van der Waals surface area contributed by atoms with Crippen LogP contribution in [0, 0.1) is 5.41 Å². The van der Waals surface area contributed by atoms with Gasteiger partial charge in [-0.3, -0.25) is 5.41 Å². The first-order chi connectivity index (χ1) is 11.7. The summed E-state index contributed by atoms with van der Waals surface area (Å²) < 4.78 is 4.05. The van der Waals surface area contributed by atoms with E-state index in [0.717, 1.165) is 33.3 Å². The maximum atomic E-state index is 8.16. The zero-order valence-electron chi connectivity index (χ0n) is 12.5. The van der Waals surface area contributed by atoms with E-state index in [2.05, 4.69) is 17.2 Å². The molecule has 0 radical (unpaired) electrons. The highest BCUT2D eigenvalue weighted by Crippen LogP contribution is 2.35. The van der Waals surface area contributed by atoms with Crippen LogP contribution in [0.2, 0.25) is 5.02 Å². The van der Waals surface area contributed by atoms with E-state index in [1.165, 1.54) is 0 Å². The van der Waals surface area contributed by atoms with Crippen LogP contribution in [0.4, 0.5) is 0 Å². The highest BCUT2D eigenvalue weighted by molar-refractivity contribution is 7.79. The van der Waals surface area contributed by atoms with Crippen LogP contribution in [0.1, 0.15) is 11.1 Å². The van der Waals surface area contributed by atoms with Crippen LogP contribution in [0.5, 0.6) is 0 Å². The van der Waals surface area contributed by atoms with Gasteiger partial charge in [0.1, 0.15) is 5.71 Å². The Hall–Kier alpha value is -2.43. The largest absolute Gasteiger partial charge is 0.299 e. The first-order valence-corrected chi connectivity index (χ1v) is 8.15. The van der Waals surface area contributed by atoms with Crippen molar-refractivity contribution in [2.75, 3.05) is 0 Å². The van der Waals surface area contributed by atoms with Gasteiger partial charge >= 0.3 is 0 Å². The Morgan fingerprint density at radius 2 is 1.83 bits per heavy atom. The van der Waals surface area contributed by atoms with Gasteiger partial charge in [-0.2, -0.15) is 0 Å². The third-order valence-electron chi connectivity index (χ3n) is 4.04. The molecule has 0 saturated carbocycles. The molecule has 4 rings (SSSR count). The van der Waals surface area contributed by atoms with E-state index >= 15 is 0 Å². The number of benzene rings is 2. The number of thiol groups is 1. The van der Waals surface area contributed by atoms with Crippen molar-refractivity contribution in [3.63, 3.8) is 0 Å². The normalized spacial score (nSPS) is 15.1. The molecule has 24 heavy (non-hydrogen) atoms. The van der Waals surface area contributed by atoms with E-state index < -0.39 is 0 Å². The van der Waals surface area contributed by atoms with Crippen LogP contribution >= 0.6 is 24.4 Å². The van der Waals surface area contributed by atoms with Crippen molar-refractivity contribution in [3.8, 4) is 11.3 Å². The van der Waals surface area contributed by atoms with Gasteiger partial charge in [-0.1, -0.05) is 48.0 Å². The smallest absolute Gasteiger partial charge is 0.104 e. The molecule has 0 unspecified atom stereocenters. The molecule has 0 fully saturated rings. The summed E-state index contributed by atoms with van der Waals surface area (Å²) in [5.41, 5.74) is 5.32. The topological polar surface area (TPSA) is 49.1 Å². The Morgan fingerprint density at radius 3 is 2.58 bits per heavy atom. The third-order valence-corrected chi connectivity index (χ3v) is 4.48. The van der Waals surface area contributed by atoms with Gasteiger partial charge in [0.15, 0.2) is 0 Å². The second-order valence-electron chi connectivity index (χ2n) is 5.47. The average Bonchev–Trinajstić information content (AvgIpc) is 2.61. The monoisotopic (exact) mass is 349 g/mol. The predicted octanol–water partition coefficient (Wildman–Crippen LogP) is 5.24. The summed E-state index contributed by atoms with van der Waals surface area (Å²) in [7, 11) is 0. The van der Waals surface area contributed by atoms with Gasteiger partial charge in [0, 0.05) is 27.1 Å². The van der Waals surface area contributed by atoms with Crippen LogP contribution < -0.4 is 0 Å². The van der Waals surface area contributed by atoms with Crippen molar-refractivity contribution < 1.29 is 0 Å². The number of nitrogens with zero attached hydrogens (tertiary/aromatic N) is 2. The second kappa shape index (κ2) is 5.89. The number of pyridine rings is 1. The van der Waals surface area contributed by atoms with E-state index in [1.54, 1.807) is 6.08 Å². The van der Waals surface area contributed by atoms with Crippen molar-refractivity contribution in [1.82, 2.24) is 4.98 Å². The van der Waals surface area contributed by atoms with Crippen LogP contribution in [-0.4, -0.2) is 16.4 Å². The Morgan fingerprint density at radius 1 is 1.04 bits per heavy atom. The Bertz CT molecular complexity index is 1040. The van der Waals surface area contributed by atoms with Crippen molar-refractivity contribution in [3.05, 3.63) is 70.8 Å². The molecule has 0 aliphatic heterocycles. The molecular weight excluding hydrogens is 338 g/mol. The number of nitrogens with one attached hydrogen (secondary N) is 1. The first kappa shape index (κ1) is 15.1. The van der Waals surface area contributed by atoms with Crippen molar-refractivity contribution in [2.45, 2.75) is 0 Å². The number of rotatable bonds is 1. The second-order valence-corrected chi connectivity index (χ2v) is 6.11. The molecule has 0 saturated heterocycles. The number of aromatic nitrogens is 1. The van der Waals surface area contributed by atoms with Crippen LogP contribution in [0.25, 0.3) is 28.2 Å². The van der Waals surface area contributed by atoms with Crippen LogP contribution in [-0.2, 0) is 0 Å². The lowest BCUT2D eigenvalue weighted by Gasteiger charge is -2.19. The van der Waals surface area contributed by atoms with Gasteiger partial charge in [-0.15, -0.1) is 0 Å². The fraction of sp³-hybridized carbons (Fsp3) is 0. The summed E-state index contributed by atoms with van der Waals surface area (Å²) in [5, 5.41) is 9.69. The highest BCUT2D eigenvalue weighted by atomic mass is 35.5. The quantitative estimate of drug-likeness (QED) is 0.580. The molecule has 116 valence electrons. The summed E-state index contributed by atoms with van der Waals surface area (Å²) in [6.07, 6.45) is 3.65. The molecule has 3 aromatic rings. The molecule has 0 amide bonds. The molecule has 0 bridgehead atoms. The molecule has 1 aromatic heterocycles. The fourth-order valence-electron chi connectivity index (χ4n) is 2.97. The summed E-state index contributed by atoms with van der Waals surface area (Å²) in [4.78, 5) is 4.83. The first-order valence-electron chi connectivity index (χ1n) is 7.37. The number of hydrogen-bond acceptors (Lipinski definition) is 4. The van der Waals surface area contributed by atoms with Gasteiger partial charge in [-0.05, 0) is 37.1 Å². The molecule has 1 N–H and O–H groups in total. The Labute approximate surface area is 149 Å². The third kappa shape index (κ3) is 2.35. The molecule has 2 aromatic carbocycles. The molecule has 1 aliphatic rings. The van der Waals surface area contributed by atoms with Gasteiger partial charge in [-0.25, -0.2) is 9.38 Å². The zero-order chi connectivity index (χ0) is 16.7. The summed E-state index contributed by atoms with van der Waals surface area (Å²) in [5.74, 6) is 0. The Kier molecular flexibility index (Phi) is 3.71. The lowest BCUT2D eigenvalue weighted by molar-refractivity contribution is 1.37. The minimum atomic E-state index is 0.332. The SMILES string of the molecule is N=C1C=Cc2c(-c3ccccc3)nc3cc(Cl)ccc3c2/C1=N/S. The average molecular weight is 350 g/mol. The lowest BCUT2D eigenvalue weighted by atomic mass is 9.88. The van der Waals surface area contributed by atoms with Crippen LogP contribution in [0.3, 0.4) is 0 Å². The molecule has 1 heterocycles. The zero-order valence-corrected chi connectivity index (χ0v) is 14.1. The maximum absolute atomic E-state index is 8.16. The summed E-state index contributed by atoms with van der Waals surface area (Å²) >= 11 is 10.2. The van der Waals surface area contributed by atoms with Crippen molar-refractivity contribution in [1.29, 1.82) is 5.41 Å². The molecular formula is C19H12ClN3S. The number of fused-ring (bicyclic) bond motifs is 3. The fourth-order valence-corrected chi connectivity index (χ4v) is 3.34. The minimum Gasteiger partial charge on any atom is -0.299 e. The number of halogens is 1.